The van der Waals surface area contributed by atoms with Crippen LogP contribution in [-0.4, -0.2) is 38.4 Å². The number of guanidine groups is 1. The molecule has 3 unspecified atom stereocenters. The standard InChI is InChI=1S/C16H22ClN3O2/c1-18-16(20-13-8-12-4-6-15(13)22-12)19-9-10-7-11(17)3-5-14(10)21-2/h3,5,7,12-13,15H,4,6,8-9H2,1-2H3,(H2,18,19,20). The van der Waals surface area contributed by atoms with Crippen molar-refractivity contribution in [2.75, 3.05) is 14.2 Å². The minimum Gasteiger partial charge on any atom is -0.496 e. The summed E-state index contributed by atoms with van der Waals surface area (Å²) in [4.78, 5) is 4.29. The molecule has 2 aliphatic rings. The van der Waals surface area contributed by atoms with E-state index < -0.39 is 0 Å². The highest BCUT2D eigenvalue weighted by molar-refractivity contribution is 6.30. The van der Waals surface area contributed by atoms with Crippen LogP contribution in [0.1, 0.15) is 24.8 Å². The lowest BCUT2D eigenvalue weighted by atomic mass is 9.96. The first-order valence-corrected chi connectivity index (χ1v) is 8.02. The molecule has 5 nitrogen and oxygen atoms in total. The van der Waals surface area contributed by atoms with E-state index in [9.17, 15) is 0 Å². The molecule has 0 spiro atoms. The van der Waals surface area contributed by atoms with Gasteiger partial charge >= 0.3 is 0 Å². The average Bonchev–Trinajstić information content (AvgIpc) is 3.14. The zero-order valence-electron chi connectivity index (χ0n) is 12.9. The molecule has 0 amide bonds. The molecule has 1 aromatic carbocycles. The van der Waals surface area contributed by atoms with Crippen molar-refractivity contribution >= 4 is 17.6 Å². The Morgan fingerprint density at radius 3 is 2.95 bits per heavy atom. The lowest BCUT2D eigenvalue weighted by molar-refractivity contribution is 0.0992. The number of hydrogen-bond donors (Lipinski definition) is 2. The number of hydrogen-bond acceptors (Lipinski definition) is 3. The number of nitrogens with one attached hydrogen (secondary N) is 2. The molecular formula is C16H22ClN3O2. The highest BCUT2D eigenvalue weighted by Gasteiger charge is 2.41. The van der Waals surface area contributed by atoms with Crippen molar-refractivity contribution in [2.24, 2.45) is 4.99 Å². The van der Waals surface area contributed by atoms with Gasteiger partial charge in [0.2, 0.25) is 0 Å². The molecule has 3 atom stereocenters. The van der Waals surface area contributed by atoms with E-state index in [0.29, 0.717) is 29.8 Å². The fraction of sp³-hybridized carbons (Fsp3) is 0.562. The van der Waals surface area contributed by atoms with Crippen LogP contribution in [0.15, 0.2) is 23.2 Å². The highest BCUT2D eigenvalue weighted by atomic mass is 35.5. The molecule has 3 rings (SSSR count). The molecule has 0 radical (unpaired) electrons. The van der Waals surface area contributed by atoms with Gasteiger partial charge in [-0.3, -0.25) is 4.99 Å². The molecule has 0 saturated carbocycles. The van der Waals surface area contributed by atoms with Crippen molar-refractivity contribution < 1.29 is 9.47 Å². The number of rotatable bonds is 4. The van der Waals surface area contributed by atoms with Crippen LogP contribution >= 0.6 is 11.6 Å². The Bertz CT molecular complexity index is 564. The van der Waals surface area contributed by atoms with Crippen LogP contribution < -0.4 is 15.4 Å². The number of methoxy groups -OCH3 is 1. The van der Waals surface area contributed by atoms with Crippen LogP contribution in [0.5, 0.6) is 5.75 Å². The third kappa shape index (κ3) is 3.31. The lowest BCUT2D eigenvalue weighted by Crippen LogP contribution is -2.47. The summed E-state index contributed by atoms with van der Waals surface area (Å²) in [6.07, 6.45) is 4.14. The predicted octanol–water partition coefficient (Wildman–Crippen LogP) is 2.33. The van der Waals surface area contributed by atoms with Gasteiger partial charge in [-0.15, -0.1) is 0 Å². The van der Waals surface area contributed by atoms with E-state index in [2.05, 4.69) is 15.6 Å². The van der Waals surface area contributed by atoms with Gasteiger partial charge in [-0.2, -0.15) is 0 Å². The fourth-order valence-electron chi connectivity index (χ4n) is 3.22. The largest absolute Gasteiger partial charge is 0.496 e. The van der Waals surface area contributed by atoms with Gasteiger partial charge in [0.1, 0.15) is 5.75 Å². The maximum Gasteiger partial charge on any atom is 0.191 e. The quantitative estimate of drug-likeness (QED) is 0.659. The smallest absolute Gasteiger partial charge is 0.191 e. The van der Waals surface area contributed by atoms with Crippen LogP contribution in [0.4, 0.5) is 0 Å². The monoisotopic (exact) mass is 323 g/mol. The molecule has 2 bridgehead atoms. The molecule has 0 aliphatic carbocycles. The summed E-state index contributed by atoms with van der Waals surface area (Å²) in [6, 6.07) is 5.95. The number of benzene rings is 1. The van der Waals surface area contributed by atoms with Crippen LogP contribution in [0.2, 0.25) is 5.02 Å². The maximum atomic E-state index is 6.06. The van der Waals surface area contributed by atoms with Gasteiger partial charge in [0.15, 0.2) is 5.96 Å². The Hall–Kier alpha value is -1.46. The molecule has 2 heterocycles. The first kappa shape index (κ1) is 15.4. The summed E-state index contributed by atoms with van der Waals surface area (Å²) in [5.41, 5.74) is 1.00. The van der Waals surface area contributed by atoms with E-state index >= 15 is 0 Å². The molecule has 0 aromatic heterocycles. The van der Waals surface area contributed by atoms with E-state index in [4.69, 9.17) is 21.1 Å². The summed E-state index contributed by atoms with van der Waals surface area (Å²) < 4.78 is 11.2. The Kier molecular flexibility index (Phi) is 4.74. The van der Waals surface area contributed by atoms with Crippen molar-refractivity contribution in [3.8, 4) is 5.75 Å². The van der Waals surface area contributed by atoms with Crippen LogP contribution in [0, 0.1) is 0 Å². The molecule has 6 heteroatoms. The molecular weight excluding hydrogens is 302 g/mol. The van der Waals surface area contributed by atoms with Gasteiger partial charge in [0.05, 0.1) is 25.4 Å². The van der Waals surface area contributed by atoms with Crippen LogP contribution in [0.3, 0.4) is 0 Å². The van der Waals surface area contributed by atoms with Gasteiger partial charge in [-0.25, -0.2) is 0 Å². The van der Waals surface area contributed by atoms with Crippen molar-refractivity contribution in [2.45, 2.75) is 44.1 Å². The molecule has 120 valence electrons. The zero-order chi connectivity index (χ0) is 15.5. The number of ether oxygens (including phenoxy) is 2. The lowest BCUT2D eigenvalue weighted by Gasteiger charge is -2.23. The average molecular weight is 324 g/mol. The normalized spacial score (nSPS) is 27.0. The second-order valence-corrected chi connectivity index (χ2v) is 6.18. The summed E-state index contributed by atoms with van der Waals surface area (Å²) in [6.45, 7) is 0.602. The number of nitrogens with zero attached hydrogens (tertiary/aromatic N) is 1. The topological polar surface area (TPSA) is 54.9 Å². The first-order valence-electron chi connectivity index (χ1n) is 7.64. The van der Waals surface area contributed by atoms with E-state index in [1.54, 1.807) is 14.2 Å². The SMILES string of the molecule is CN=C(NCc1cc(Cl)ccc1OC)NC1CC2CCC1O2. The number of halogens is 1. The summed E-state index contributed by atoms with van der Waals surface area (Å²) in [5, 5.41) is 7.47. The molecule has 2 N–H and O–H groups in total. The Morgan fingerprint density at radius 2 is 2.32 bits per heavy atom. The molecule has 22 heavy (non-hydrogen) atoms. The Morgan fingerprint density at radius 1 is 1.45 bits per heavy atom. The van der Waals surface area contributed by atoms with Crippen LogP contribution in [-0.2, 0) is 11.3 Å². The zero-order valence-corrected chi connectivity index (χ0v) is 13.7. The predicted molar refractivity (Wildman–Crippen MR) is 87.6 cm³/mol. The first-order chi connectivity index (χ1) is 10.7. The Balaban J connectivity index is 1.58. The minimum absolute atomic E-state index is 0.323. The maximum absolute atomic E-state index is 6.06. The molecule has 2 aliphatic heterocycles. The van der Waals surface area contributed by atoms with Crippen molar-refractivity contribution in [3.05, 3.63) is 28.8 Å². The second kappa shape index (κ2) is 6.75. The second-order valence-electron chi connectivity index (χ2n) is 5.74. The van der Waals surface area contributed by atoms with Crippen molar-refractivity contribution in [1.29, 1.82) is 0 Å². The van der Waals surface area contributed by atoms with E-state index in [0.717, 1.165) is 30.1 Å². The van der Waals surface area contributed by atoms with E-state index in [-0.39, 0.29) is 0 Å². The van der Waals surface area contributed by atoms with Gasteiger partial charge in [0.25, 0.3) is 0 Å². The van der Waals surface area contributed by atoms with Crippen molar-refractivity contribution in [3.63, 3.8) is 0 Å². The Labute approximate surface area is 136 Å². The van der Waals surface area contributed by atoms with E-state index in [1.807, 2.05) is 18.2 Å². The van der Waals surface area contributed by atoms with Gasteiger partial charge in [-0.05, 0) is 37.5 Å². The molecule has 1 aromatic rings. The van der Waals surface area contributed by atoms with Gasteiger partial charge < -0.3 is 20.1 Å². The molecule has 2 fully saturated rings. The van der Waals surface area contributed by atoms with Gasteiger partial charge in [-0.1, -0.05) is 11.6 Å². The summed E-state index contributed by atoms with van der Waals surface area (Å²) >= 11 is 6.06. The van der Waals surface area contributed by atoms with Gasteiger partial charge in [0, 0.05) is 24.2 Å². The van der Waals surface area contributed by atoms with Crippen LogP contribution in [0.25, 0.3) is 0 Å². The highest BCUT2D eigenvalue weighted by Crippen LogP contribution is 2.34. The number of fused-ring (bicyclic) bond motifs is 2. The summed E-state index contributed by atoms with van der Waals surface area (Å²) in [5.74, 6) is 1.60. The van der Waals surface area contributed by atoms with E-state index in [1.165, 1.54) is 6.42 Å². The third-order valence-electron chi connectivity index (χ3n) is 4.34. The summed E-state index contributed by atoms with van der Waals surface area (Å²) in [7, 11) is 3.44. The fourth-order valence-corrected chi connectivity index (χ4v) is 3.42. The minimum atomic E-state index is 0.323. The number of aliphatic imine (C=N–C) groups is 1. The molecule has 2 saturated heterocycles. The van der Waals surface area contributed by atoms with Crippen molar-refractivity contribution in [1.82, 2.24) is 10.6 Å². The third-order valence-corrected chi connectivity index (χ3v) is 4.58.